The molecule has 0 bridgehead atoms. The van der Waals surface area contributed by atoms with Crippen molar-refractivity contribution in [2.75, 3.05) is 0 Å². The summed E-state index contributed by atoms with van der Waals surface area (Å²) in [5.41, 5.74) is 14.8. The Bertz CT molecular complexity index is 2060. The fraction of sp³-hybridized carbons (Fsp3) is 0. The molecule has 0 aliphatic carbocycles. The average Bonchev–Trinajstić information content (AvgIpc) is 3.02. The van der Waals surface area contributed by atoms with E-state index in [4.69, 9.17) is 0 Å². The smallest absolute Gasteiger partial charge is 0.102 e. The summed E-state index contributed by atoms with van der Waals surface area (Å²) in [6.45, 7) is 0. The fourth-order valence-electron chi connectivity index (χ4n) is 6.90. The van der Waals surface area contributed by atoms with E-state index >= 15 is 0 Å². The van der Waals surface area contributed by atoms with Gasteiger partial charge in [-0.25, -0.2) is 0 Å². The molecule has 0 spiro atoms. The minimum absolute atomic E-state index is 1.24. The van der Waals surface area contributed by atoms with E-state index in [9.17, 15) is 0 Å². The molecule has 0 unspecified atom stereocenters. The van der Waals surface area contributed by atoms with Crippen molar-refractivity contribution in [2.45, 2.75) is 0 Å². The van der Waals surface area contributed by atoms with Gasteiger partial charge in [0.15, 0.2) is 0 Å². The molecule has 0 saturated carbocycles. The van der Waals surface area contributed by atoms with Gasteiger partial charge in [-0.2, -0.15) is 0 Å². The number of hydrogen-bond acceptors (Lipinski definition) is 0. The number of benzene rings is 7. The molecule has 7 aromatic carbocycles. The molecule has 0 aromatic heterocycles. The molecule has 0 fully saturated rings. The van der Waals surface area contributed by atoms with Crippen LogP contribution in [-0.2, 0) is 0 Å². The van der Waals surface area contributed by atoms with Crippen molar-refractivity contribution >= 4 is 98.9 Å². The normalized spacial score (nSPS) is 11.4. The van der Waals surface area contributed by atoms with Gasteiger partial charge in [0, 0.05) is 0 Å². The van der Waals surface area contributed by atoms with Crippen LogP contribution in [0.2, 0.25) is 0 Å². The van der Waals surface area contributed by atoms with Gasteiger partial charge in [-0.1, -0.05) is 114 Å². The van der Waals surface area contributed by atoms with Crippen molar-refractivity contribution in [3.8, 4) is 33.4 Å². The van der Waals surface area contributed by atoms with Crippen molar-refractivity contribution < 1.29 is 0 Å². The Kier molecular flexibility index (Phi) is 6.20. The number of fused-ring (bicyclic) bond motifs is 3. The van der Waals surface area contributed by atoms with E-state index in [-0.39, 0.29) is 0 Å². The Morgan fingerprint density at radius 1 is 0.317 bits per heavy atom. The third-order valence-electron chi connectivity index (χ3n) is 9.42. The summed E-state index contributed by atoms with van der Waals surface area (Å²) in [5.74, 6) is 0. The van der Waals surface area contributed by atoms with Crippen molar-refractivity contribution in [3.63, 3.8) is 0 Å². The second kappa shape index (κ2) is 9.93. The summed E-state index contributed by atoms with van der Waals surface area (Å²) in [7, 11) is 11.4. The summed E-state index contributed by atoms with van der Waals surface area (Å²) < 4.78 is 0. The van der Waals surface area contributed by atoms with Crippen LogP contribution in [0.15, 0.2) is 115 Å². The second-order valence-corrected chi connectivity index (χ2v) is 11.5. The zero-order chi connectivity index (χ0) is 28.2. The molecule has 0 atom stereocenters. The molecule has 188 valence electrons. The molecule has 0 saturated heterocycles. The third kappa shape index (κ3) is 3.98. The average molecular weight is 516 g/mol. The molecule has 7 aromatic rings. The maximum absolute atomic E-state index is 2.40. The molecule has 0 N–H and O–H groups in total. The second-order valence-electron chi connectivity index (χ2n) is 11.5. The Balaban J connectivity index is 1.65. The van der Waals surface area contributed by atoms with Gasteiger partial charge >= 0.3 is 0 Å². The minimum atomic E-state index is 1.24. The third-order valence-corrected chi connectivity index (χ3v) is 9.42. The van der Waals surface area contributed by atoms with Gasteiger partial charge in [0.25, 0.3) is 0 Å². The first-order valence-corrected chi connectivity index (χ1v) is 14.5. The summed E-state index contributed by atoms with van der Waals surface area (Å²) in [4.78, 5) is 0. The molecule has 0 aliphatic rings. The van der Waals surface area contributed by atoms with E-state index in [1.807, 2.05) is 0 Å². The van der Waals surface area contributed by atoms with Gasteiger partial charge in [-0.05, 0) is 77.8 Å². The Morgan fingerprint density at radius 2 is 0.756 bits per heavy atom. The van der Waals surface area contributed by atoms with Crippen molar-refractivity contribution in [1.29, 1.82) is 0 Å². The lowest BCUT2D eigenvalue weighted by atomic mass is 9.59. The van der Waals surface area contributed by atoms with Gasteiger partial charge in [0.2, 0.25) is 0 Å². The minimum Gasteiger partial charge on any atom is -0.102 e. The van der Waals surface area contributed by atoms with E-state index in [0.717, 1.165) is 0 Å². The summed E-state index contributed by atoms with van der Waals surface area (Å²) >= 11 is 0. The molecule has 7 rings (SSSR count). The maximum atomic E-state index is 2.40. The van der Waals surface area contributed by atoms with E-state index in [2.05, 4.69) is 154 Å². The van der Waals surface area contributed by atoms with Gasteiger partial charge in [0.05, 0.1) is 0 Å². The lowest BCUT2D eigenvalue weighted by Crippen LogP contribution is -2.55. The zero-order valence-electron chi connectivity index (χ0n) is 24.5. The van der Waals surface area contributed by atoms with Crippen LogP contribution in [-0.4, -0.2) is 39.2 Å². The first-order valence-electron chi connectivity index (χ1n) is 14.5. The molecule has 41 heavy (non-hydrogen) atoms. The van der Waals surface area contributed by atoms with Crippen LogP contribution in [0.25, 0.3) is 65.7 Å². The van der Waals surface area contributed by atoms with E-state index in [1.54, 1.807) is 0 Å². The Morgan fingerprint density at radius 3 is 1.32 bits per heavy atom. The lowest BCUT2D eigenvalue weighted by molar-refractivity contribution is 1.64. The number of rotatable bonds is 3. The highest BCUT2D eigenvalue weighted by molar-refractivity contribution is 6.69. The predicted molar refractivity (Wildman–Crippen MR) is 196 cm³/mol. The summed E-state index contributed by atoms with van der Waals surface area (Å²) in [6.07, 6.45) is 0. The van der Waals surface area contributed by atoms with Crippen molar-refractivity contribution in [1.82, 2.24) is 0 Å². The van der Waals surface area contributed by atoms with Crippen LogP contribution < -0.4 is 27.3 Å². The maximum Gasteiger partial charge on any atom is 0.139 e. The molecular formula is C36H29B5. The van der Waals surface area contributed by atoms with Gasteiger partial charge in [-0.3, -0.25) is 0 Å². The largest absolute Gasteiger partial charge is 0.139 e. The topological polar surface area (TPSA) is 0 Å². The Labute approximate surface area is 246 Å². The molecule has 0 aliphatic heterocycles. The standard InChI is InChI=1S/C36H29B5/c37-32-31(33(38)35(40)36(41)34(32)39)30-26-16-8-6-14-24(26)29(25-15-7-9-17-27(25)30)22-18-21-12-4-5-13-23(21)28(19-22)20-10-2-1-3-11-20/h1-19H,37-41H2. The van der Waals surface area contributed by atoms with Crippen LogP contribution in [0.1, 0.15) is 0 Å². The highest BCUT2D eigenvalue weighted by Gasteiger charge is 2.21. The highest BCUT2D eigenvalue weighted by atomic mass is 14.2. The van der Waals surface area contributed by atoms with Crippen LogP contribution in [0.3, 0.4) is 0 Å². The highest BCUT2D eigenvalue weighted by Crippen LogP contribution is 2.44. The molecule has 0 radical (unpaired) electrons. The monoisotopic (exact) mass is 516 g/mol. The Hall–Kier alpha value is -4.36. The summed E-state index contributed by atoms with van der Waals surface area (Å²) in [5, 5.41) is 7.76. The van der Waals surface area contributed by atoms with Crippen LogP contribution in [0.4, 0.5) is 0 Å². The molecular weight excluding hydrogens is 486 g/mol. The molecule has 0 heterocycles. The fourth-order valence-corrected chi connectivity index (χ4v) is 6.90. The first-order chi connectivity index (χ1) is 20.0. The van der Waals surface area contributed by atoms with Crippen LogP contribution in [0, 0.1) is 0 Å². The quantitative estimate of drug-likeness (QED) is 0.247. The summed E-state index contributed by atoms with van der Waals surface area (Å²) in [6, 6.07) is 42.4. The lowest BCUT2D eigenvalue weighted by Gasteiger charge is -2.24. The van der Waals surface area contributed by atoms with E-state index in [1.165, 1.54) is 93.0 Å². The van der Waals surface area contributed by atoms with Gasteiger partial charge in [0.1, 0.15) is 39.2 Å². The van der Waals surface area contributed by atoms with Crippen molar-refractivity contribution in [3.05, 3.63) is 115 Å². The van der Waals surface area contributed by atoms with Crippen LogP contribution >= 0.6 is 0 Å². The first kappa shape index (κ1) is 25.6. The SMILES string of the molecule is Bc1c(B)c(B)c(-c2c3ccccc3c(-c3cc(-c4ccccc4)c4ccccc4c3)c3ccccc23)c(B)c1B. The molecule has 5 heteroatoms. The van der Waals surface area contributed by atoms with Gasteiger partial charge < -0.3 is 0 Å². The van der Waals surface area contributed by atoms with E-state index in [0.29, 0.717) is 0 Å². The predicted octanol–water partition coefficient (Wildman–Crippen LogP) is 1.44. The van der Waals surface area contributed by atoms with Crippen molar-refractivity contribution in [2.24, 2.45) is 0 Å². The number of hydrogen-bond donors (Lipinski definition) is 0. The van der Waals surface area contributed by atoms with Crippen LogP contribution in [0.5, 0.6) is 0 Å². The van der Waals surface area contributed by atoms with E-state index < -0.39 is 0 Å². The molecule has 0 amide bonds. The zero-order valence-corrected chi connectivity index (χ0v) is 24.5. The molecule has 0 nitrogen and oxygen atoms in total. The van der Waals surface area contributed by atoms with Gasteiger partial charge in [-0.15, -0.1) is 16.4 Å².